The van der Waals surface area contributed by atoms with Gasteiger partial charge in [0.2, 0.25) is 0 Å². The SMILES string of the molecule is CC(C)Cc1[nH]c2c(Br)cccc2c1C(C)C. The van der Waals surface area contributed by atoms with Crippen LogP contribution >= 0.6 is 15.9 Å². The fraction of sp³-hybridized carbons (Fsp3) is 0.467. The standard InChI is InChI=1S/C15H20BrN/c1-9(2)8-13-14(10(3)4)11-6-5-7-12(16)15(11)17-13/h5-7,9-10,17H,8H2,1-4H3. The van der Waals surface area contributed by atoms with E-state index in [2.05, 4.69) is 66.8 Å². The Morgan fingerprint density at radius 3 is 2.47 bits per heavy atom. The van der Waals surface area contributed by atoms with Crippen LogP contribution in [0.25, 0.3) is 10.9 Å². The minimum Gasteiger partial charge on any atom is -0.357 e. The van der Waals surface area contributed by atoms with Crippen LogP contribution in [0.4, 0.5) is 0 Å². The summed E-state index contributed by atoms with van der Waals surface area (Å²) < 4.78 is 1.16. The molecule has 0 radical (unpaired) electrons. The summed E-state index contributed by atoms with van der Waals surface area (Å²) in [5.41, 5.74) is 4.12. The van der Waals surface area contributed by atoms with E-state index >= 15 is 0 Å². The number of rotatable bonds is 3. The van der Waals surface area contributed by atoms with Gasteiger partial charge in [-0.15, -0.1) is 0 Å². The summed E-state index contributed by atoms with van der Waals surface area (Å²) in [6.07, 6.45) is 1.12. The molecule has 0 amide bonds. The number of hydrogen-bond donors (Lipinski definition) is 1. The Bertz CT molecular complexity index is 523. The fourth-order valence-electron chi connectivity index (χ4n) is 2.49. The molecule has 1 aromatic carbocycles. The van der Waals surface area contributed by atoms with E-state index in [1.807, 2.05) is 0 Å². The lowest BCUT2D eigenvalue weighted by atomic mass is 9.95. The molecular weight excluding hydrogens is 274 g/mol. The summed E-state index contributed by atoms with van der Waals surface area (Å²) in [5, 5.41) is 1.37. The summed E-state index contributed by atoms with van der Waals surface area (Å²) in [5.74, 6) is 1.24. The number of benzene rings is 1. The number of halogens is 1. The number of para-hydroxylation sites is 1. The van der Waals surface area contributed by atoms with Gasteiger partial charge >= 0.3 is 0 Å². The molecule has 92 valence electrons. The van der Waals surface area contributed by atoms with Gasteiger partial charge in [-0.25, -0.2) is 0 Å². The van der Waals surface area contributed by atoms with Crippen molar-refractivity contribution in [2.75, 3.05) is 0 Å². The molecule has 0 spiro atoms. The van der Waals surface area contributed by atoms with Crippen molar-refractivity contribution in [3.8, 4) is 0 Å². The zero-order valence-corrected chi connectivity index (χ0v) is 12.6. The second kappa shape index (κ2) is 4.85. The number of hydrogen-bond acceptors (Lipinski definition) is 0. The van der Waals surface area contributed by atoms with Gasteiger partial charge in [-0.05, 0) is 45.8 Å². The molecule has 1 heterocycles. The van der Waals surface area contributed by atoms with Crippen LogP contribution in [-0.2, 0) is 6.42 Å². The quantitative estimate of drug-likeness (QED) is 0.795. The van der Waals surface area contributed by atoms with E-state index in [-0.39, 0.29) is 0 Å². The van der Waals surface area contributed by atoms with Crippen LogP contribution in [0.5, 0.6) is 0 Å². The lowest BCUT2D eigenvalue weighted by Gasteiger charge is -2.10. The predicted molar refractivity (Wildman–Crippen MR) is 78.6 cm³/mol. The average Bonchev–Trinajstić information content (AvgIpc) is 2.56. The molecule has 1 aromatic heterocycles. The van der Waals surface area contributed by atoms with Gasteiger partial charge in [-0.1, -0.05) is 39.8 Å². The Kier molecular flexibility index (Phi) is 3.62. The van der Waals surface area contributed by atoms with E-state index in [4.69, 9.17) is 0 Å². The van der Waals surface area contributed by atoms with Gasteiger partial charge in [-0.2, -0.15) is 0 Å². The highest BCUT2D eigenvalue weighted by Crippen LogP contribution is 2.33. The Balaban J connectivity index is 2.66. The van der Waals surface area contributed by atoms with Crippen molar-refractivity contribution in [1.29, 1.82) is 0 Å². The number of aromatic amines is 1. The van der Waals surface area contributed by atoms with Crippen LogP contribution in [0.15, 0.2) is 22.7 Å². The molecule has 2 heteroatoms. The molecule has 2 rings (SSSR count). The van der Waals surface area contributed by atoms with Crippen molar-refractivity contribution in [1.82, 2.24) is 4.98 Å². The molecule has 0 saturated carbocycles. The van der Waals surface area contributed by atoms with E-state index in [0.29, 0.717) is 11.8 Å². The van der Waals surface area contributed by atoms with Crippen LogP contribution < -0.4 is 0 Å². The van der Waals surface area contributed by atoms with E-state index in [0.717, 1.165) is 10.9 Å². The summed E-state index contributed by atoms with van der Waals surface area (Å²) in [6, 6.07) is 6.43. The molecule has 0 aliphatic rings. The van der Waals surface area contributed by atoms with Crippen LogP contribution in [0.2, 0.25) is 0 Å². The first kappa shape index (κ1) is 12.7. The van der Waals surface area contributed by atoms with E-state index in [1.165, 1.54) is 22.2 Å². The highest BCUT2D eigenvalue weighted by Gasteiger charge is 2.16. The fourth-order valence-corrected chi connectivity index (χ4v) is 2.95. The molecule has 0 aliphatic carbocycles. The number of H-pyrrole nitrogens is 1. The van der Waals surface area contributed by atoms with Gasteiger partial charge in [0.25, 0.3) is 0 Å². The molecule has 0 bridgehead atoms. The Hall–Kier alpha value is -0.760. The topological polar surface area (TPSA) is 15.8 Å². The normalized spacial score (nSPS) is 11.9. The predicted octanol–water partition coefficient (Wildman–Crippen LogP) is 5.25. The summed E-state index contributed by atoms with van der Waals surface area (Å²) in [6.45, 7) is 9.08. The van der Waals surface area contributed by atoms with Gasteiger partial charge < -0.3 is 4.98 Å². The molecule has 17 heavy (non-hydrogen) atoms. The van der Waals surface area contributed by atoms with Gasteiger partial charge in [0, 0.05) is 15.6 Å². The first-order valence-corrected chi connectivity index (χ1v) is 7.09. The second-order valence-electron chi connectivity index (χ2n) is 5.43. The van der Waals surface area contributed by atoms with Crippen molar-refractivity contribution in [3.05, 3.63) is 33.9 Å². The highest BCUT2D eigenvalue weighted by molar-refractivity contribution is 9.10. The van der Waals surface area contributed by atoms with Gasteiger partial charge in [0.05, 0.1) is 5.52 Å². The average molecular weight is 294 g/mol. The van der Waals surface area contributed by atoms with Gasteiger partial charge in [0.15, 0.2) is 0 Å². The molecule has 0 saturated heterocycles. The monoisotopic (exact) mass is 293 g/mol. The molecule has 0 aliphatic heterocycles. The Labute approximate surface area is 112 Å². The maximum atomic E-state index is 3.63. The van der Waals surface area contributed by atoms with Crippen LogP contribution in [0, 0.1) is 5.92 Å². The molecule has 1 nitrogen and oxygen atoms in total. The van der Waals surface area contributed by atoms with Gasteiger partial charge in [0.1, 0.15) is 0 Å². The number of aromatic nitrogens is 1. The maximum Gasteiger partial charge on any atom is 0.0603 e. The van der Waals surface area contributed by atoms with Crippen molar-refractivity contribution in [2.24, 2.45) is 5.92 Å². The molecular formula is C15H20BrN. The molecule has 0 unspecified atom stereocenters. The van der Waals surface area contributed by atoms with E-state index < -0.39 is 0 Å². The van der Waals surface area contributed by atoms with Crippen molar-refractivity contribution < 1.29 is 0 Å². The summed E-state index contributed by atoms with van der Waals surface area (Å²) in [7, 11) is 0. The largest absolute Gasteiger partial charge is 0.357 e. The third-order valence-corrected chi connectivity index (χ3v) is 3.76. The molecule has 0 fully saturated rings. The summed E-state index contributed by atoms with van der Waals surface area (Å²) >= 11 is 3.63. The number of nitrogens with one attached hydrogen (secondary N) is 1. The number of fused-ring (bicyclic) bond motifs is 1. The van der Waals surface area contributed by atoms with E-state index in [9.17, 15) is 0 Å². The third-order valence-electron chi connectivity index (χ3n) is 3.09. The minimum atomic E-state index is 0.562. The Morgan fingerprint density at radius 1 is 1.18 bits per heavy atom. The lowest BCUT2D eigenvalue weighted by molar-refractivity contribution is 0.630. The van der Waals surface area contributed by atoms with Crippen molar-refractivity contribution in [3.63, 3.8) is 0 Å². The van der Waals surface area contributed by atoms with Crippen LogP contribution in [0.1, 0.15) is 44.9 Å². The summed E-state index contributed by atoms with van der Waals surface area (Å²) in [4.78, 5) is 3.60. The van der Waals surface area contributed by atoms with E-state index in [1.54, 1.807) is 0 Å². The minimum absolute atomic E-state index is 0.562. The zero-order chi connectivity index (χ0) is 12.6. The van der Waals surface area contributed by atoms with Gasteiger partial charge in [-0.3, -0.25) is 0 Å². The molecule has 1 N–H and O–H groups in total. The third kappa shape index (κ3) is 2.42. The van der Waals surface area contributed by atoms with Crippen molar-refractivity contribution >= 4 is 26.8 Å². The maximum absolute atomic E-state index is 3.63. The zero-order valence-electron chi connectivity index (χ0n) is 11.0. The second-order valence-corrected chi connectivity index (χ2v) is 6.29. The van der Waals surface area contributed by atoms with Crippen LogP contribution in [0.3, 0.4) is 0 Å². The van der Waals surface area contributed by atoms with Crippen molar-refractivity contribution in [2.45, 2.75) is 40.0 Å². The molecule has 0 atom stereocenters. The molecule has 2 aromatic rings. The smallest absolute Gasteiger partial charge is 0.0603 e. The highest BCUT2D eigenvalue weighted by atomic mass is 79.9. The lowest BCUT2D eigenvalue weighted by Crippen LogP contribution is -1.99. The first-order valence-electron chi connectivity index (χ1n) is 6.29. The first-order chi connectivity index (χ1) is 8.00. The van der Waals surface area contributed by atoms with Crippen LogP contribution in [-0.4, -0.2) is 4.98 Å². The Morgan fingerprint density at radius 2 is 1.88 bits per heavy atom.